The molecule has 2 aromatic carbocycles. The van der Waals surface area contributed by atoms with Gasteiger partial charge < -0.3 is 19.9 Å². The van der Waals surface area contributed by atoms with Gasteiger partial charge in [0.2, 0.25) is 0 Å². The minimum atomic E-state index is -0.189. The quantitative estimate of drug-likeness (QED) is 0.887. The van der Waals surface area contributed by atoms with Crippen LogP contribution < -0.4 is 10.2 Å². The van der Waals surface area contributed by atoms with Crippen molar-refractivity contribution in [2.24, 2.45) is 0 Å². The summed E-state index contributed by atoms with van der Waals surface area (Å²) >= 11 is 0. The number of hydrogen-bond acceptors (Lipinski definition) is 4. The molecular weight excluding hydrogens is 350 g/mol. The highest BCUT2D eigenvalue weighted by molar-refractivity contribution is 5.70. The molecule has 2 saturated heterocycles. The highest BCUT2D eigenvalue weighted by Gasteiger charge is 2.41. The van der Waals surface area contributed by atoms with Gasteiger partial charge >= 0.3 is 6.09 Å². The molecule has 5 heteroatoms. The van der Waals surface area contributed by atoms with Crippen molar-refractivity contribution in [1.82, 2.24) is 10.2 Å². The largest absolute Gasteiger partial charge is 0.445 e. The molecule has 1 N–H and O–H groups in total. The van der Waals surface area contributed by atoms with Gasteiger partial charge in [-0.1, -0.05) is 36.4 Å². The molecule has 2 heterocycles. The maximum atomic E-state index is 12.8. The van der Waals surface area contributed by atoms with Crippen molar-refractivity contribution in [3.8, 4) is 0 Å². The molecule has 0 spiro atoms. The Balaban J connectivity index is 1.31. The average molecular weight is 377 g/mol. The highest BCUT2D eigenvalue weighted by Crippen LogP contribution is 2.50. The van der Waals surface area contributed by atoms with E-state index in [1.54, 1.807) is 0 Å². The summed E-state index contributed by atoms with van der Waals surface area (Å²) in [6.07, 6.45) is 1.86. The SMILES string of the molecule is O=C(OCc1ccccc1)N1CCC2CC1c1ccc(N3CCNCC3)cc12. The van der Waals surface area contributed by atoms with Gasteiger partial charge in [-0.25, -0.2) is 4.79 Å². The lowest BCUT2D eigenvalue weighted by Gasteiger charge is -2.32. The minimum absolute atomic E-state index is 0.161. The molecule has 0 saturated carbocycles. The van der Waals surface area contributed by atoms with Gasteiger partial charge in [0.25, 0.3) is 0 Å². The zero-order valence-corrected chi connectivity index (χ0v) is 16.1. The molecule has 146 valence electrons. The van der Waals surface area contributed by atoms with E-state index in [2.05, 4.69) is 28.4 Å². The Kier molecular flexibility index (Phi) is 4.69. The summed E-state index contributed by atoms with van der Waals surface area (Å²) in [5.74, 6) is 0.570. The van der Waals surface area contributed by atoms with Crippen molar-refractivity contribution in [2.75, 3.05) is 37.6 Å². The van der Waals surface area contributed by atoms with Crippen LogP contribution in [0.3, 0.4) is 0 Å². The third-order valence-electron chi connectivity index (χ3n) is 6.39. The number of ether oxygens (including phenoxy) is 1. The topological polar surface area (TPSA) is 44.8 Å². The summed E-state index contributed by atoms with van der Waals surface area (Å²) in [4.78, 5) is 17.2. The molecule has 2 bridgehead atoms. The Morgan fingerprint density at radius 2 is 1.86 bits per heavy atom. The fraction of sp³-hybridized carbons (Fsp3) is 0.435. The number of likely N-dealkylation sites (tertiary alicyclic amines) is 1. The molecule has 3 aliphatic rings. The smallest absolute Gasteiger partial charge is 0.410 e. The molecule has 0 aromatic heterocycles. The Bertz CT molecular complexity index is 848. The zero-order chi connectivity index (χ0) is 18.9. The van der Waals surface area contributed by atoms with Crippen LogP contribution >= 0.6 is 0 Å². The number of nitrogens with one attached hydrogen (secondary N) is 1. The second kappa shape index (κ2) is 7.47. The molecule has 28 heavy (non-hydrogen) atoms. The van der Waals surface area contributed by atoms with Crippen LogP contribution in [0.2, 0.25) is 0 Å². The first-order valence-corrected chi connectivity index (χ1v) is 10.4. The van der Waals surface area contributed by atoms with E-state index in [0.29, 0.717) is 12.5 Å². The van der Waals surface area contributed by atoms with Crippen LogP contribution in [0.25, 0.3) is 0 Å². The summed E-state index contributed by atoms with van der Waals surface area (Å²) in [7, 11) is 0. The van der Waals surface area contributed by atoms with Gasteiger partial charge in [0.15, 0.2) is 0 Å². The van der Waals surface area contributed by atoms with Crippen LogP contribution in [-0.4, -0.2) is 43.7 Å². The van der Waals surface area contributed by atoms with Crippen LogP contribution in [0.15, 0.2) is 48.5 Å². The number of rotatable bonds is 3. The predicted molar refractivity (Wildman–Crippen MR) is 110 cm³/mol. The number of benzene rings is 2. The van der Waals surface area contributed by atoms with E-state index < -0.39 is 0 Å². The molecule has 5 nitrogen and oxygen atoms in total. The highest BCUT2D eigenvalue weighted by atomic mass is 16.6. The number of amides is 1. The van der Waals surface area contributed by atoms with Crippen molar-refractivity contribution >= 4 is 11.8 Å². The van der Waals surface area contributed by atoms with E-state index in [4.69, 9.17) is 4.74 Å². The van der Waals surface area contributed by atoms with Crippen LogP contribution in [0.1, 0.15) is 41.5 Å². The lowest BCUT2D eigenvalue weighted by Crippen LogP contribution is -2.43. The summed E-state index contributed by atoms with van der Waals surface area (Å²) in [5.41, 5.74) is 5.11. The standard InChI is InChI=1S/C23H27N3O2/c27-23(28-16-17-4-2-1-3-5-17)26-11-8-18-14-22(26)20-7-6-19(15-21(18)20)25-12-9-24-10-13-25/h1-7,15,18,22,24H,8-14,16H2. The molecule has 2 unspecified atom stereocenters. The van der Waals surface area contributed by atoms with Crippen molar-refractivity contribution in [1.29, 1.82) is 0 Å². The van der Waals surface area contributed by atoms with Crippen LogP contribution in [0.4, 0.5) is 10.5 Å². The number of piperidine rings is 1. The van der Waals surface area contributed by atoms with Gasteiger partial charge in [-0.3, -0.25) is 0 Å². The Hall–Kier alpha value is -2.53. The Morgan fingerprint density at radius 1 is 1.04 bits per heavy atom. The fourth-order valence-electron chi connectivity index (χ4n) is 4.90. The van der Waals surface area contributed by atoms with Crippen molar-refractivity contribution in [3.63, 3.8) is 0 Å². The lowest BCUT2D eigenvalue weighted by atomic mass is 9.95. The van der Waals surface area contributed by atoms with Gasteiger partial charge in [0.1, 0.15) is 6.61 Å². The number of anilines is 1. The number of fused-ring (bicyclic) bond motifs is 5. The van der Waals surface area contributed by atoms with Crippen LogP contribution in [-0.2, 0) is 11.3 Å². The van der Waals surface area contributed by atoms with E-state index >= 15 is 0 Å². The molecule has 2 fully saturated rings. The normalized spacial score (nSPS) is 23.4. The number of hydrogen-bond donors (Lipinski definition) is 1. The Morgan fingerprint density at radius 3 is 2.68 bits per heavy atom. The van der Waals surface area contributed by atoms with E-state index in [-0.39, 0.29) is 12.1 Å². The fourth-order valence-corrected chi connectivity index (χ4v) is 4.90. The number of nitrogens with zero attached hydrogens (tertiary/aromatic N) is 2. The van der Waals surface area contributed by atoms with Crippen LogP contribution in [0.5, 0.6) is 0 Å². The zero-order valence-electron chi connectivity index (χ0n) is 16.1. The summed E-state index contributed by atoms with van der Waals surface area (Å²) in [6.45, 7) is 5.33. The number of carbonyl (C=O) groups is 1. The summed E-state index contributed by atoms with van der Waals surface area (Å²) in [6, 6.07) is 16.9. The average Bonchev–Trinajstić information content (AvgIpc) is 3.05. The first kappa shape index (κ1) is 17.6. The van der Waals surface area contributed by atoms with Gasteiger partial charge in [-0.2, -0.15) is 0 Å². The number of carbonyl (C=O) groups excluding carboxylic acids is 1. The summed E-state index contributed by atoms with van der Waals surface area (Å²) < 4.78 is 5.62. The molecule has 1 aliphatic carbocycles. The molecule has 2 atom stereocenters. The lowest BCUT2D eigenvalue weighted by molar-refractivity contribution is 0.0694. The van der Waals surface area contributed by atoms with Crippen molar-refractivity contribution < 1.29 is 9.53 Å². The molecule has 1 amide bonds. The van der Waals surface area contributed by atoms with Crippen LogP contribution in [0, 0.1) is 0 Å². The third kappa shape index (κ3) is 3.24. The second-order valence-electron chi connectivity index (χ2n) is 8.02. The van der Waals surface area contributed by atoms with Gasteiger partial charge in [-0.05, 0) is 47.6 Å². The van der Waals surface area contributed by atoms with E-state index in [0.717, 1.165) is 51.1 Å². The first-order chi connectivity index (χ1) is 13.8. The minimum Gasteiger partial charge on any atom is -0.445 e. The van der Waals surface area contributed by atoms with Crippen molar-refractivity contribution in [3.05, 3.63) is 65.2 Å². The second-order valence-corrected chi connectivity index (χ2v) is 8.02. The van der Waals surface area contributed by atoms with E-state index in [1.165, 1.54) is 16.8 Å². The predicted octanol–water partition coefficient (Wildman–Crippen LogP) is 3.67. The van der Waals surface area contributed by atoms with Gasteiger partial charge in [0, 0.05) is 38.4 Å². The van der Waals surface area contributed by atoms with Gasteiger partial charge in [-0.15, -0.1) is 0 Å². The first-order valence-electron chi connectivity index (χ1n) is 10.4. The molecular formula is C23H27N3O2. The Labute approximate surface area is 166 Å². The number of piperazine rings is 1. The van der Waals surface area contributed by atoms with Gasteiger partial charge in [0.05, 0.1) is 6.04 Å². The van der Waals surface area contributed by atoms with E-state index in [1.807, 2.05) is 35.2 Å². The molecule has 2 aromatic rings. The maximum Gasteiger partial charge on any atom is 0.410 e. The molecule has 5 rings (SSSR count). The molecule has 0 radical (unpaired) electrons. The monoisotopic (exact) mass is 377 g/mol. The summed E-state index contributed by atoms with van der Waals surface area (Å²) in [5, 5.41) is 3.42. The van der Waals surface area contributed by atoms with E-state index in [9.17, 15) is 4.79 Å². The molecule has 2 aliphatic heterocycles. The van der Waals surface area contributed by atoms with Crippen molar-refractivity contribution in [2.45, 2.75) is 31.4 Å². The third-order valence-corrected chi connectivity index (χ3v) is 6.39. The maximum absolute atomic E-state index is 12.8.